The molecule has 0 spiro atoms. The fourth-order valence-corrected chi connectivity index (χ4v) is 4.36. The van der Waals surface area contributed by atoms with E-state index in [4.69, 9.17) is 4.74 Å². The SMILES string of the molecule is Cc1nc([C@@H]2CCCN2C(=O)COc2cccc(N(C)C)c2)ncc1C(=O)N1CCCC1. The zero-order valence-electron chi connectivity index (χ0n) is 19.1. The Balaban J connectivity index is 1.42. The van der Waals surface area contributed by atoms with Crippen LogP contribution in [0, 0.1) is 6.92 Å². The molecule has 2 aliphatic heterocycles. The third kappa shape index (κ3) is 4.69. The monoisotopic (exact) mass is 437 g/mol. The fourth-order valence-electron chi connectivity index (χ4n) is 4.36. The van der Waals surface area contributed by atoms with Gasteiger partial charge >= 0.3 is 0 Å². The van der Waals surface area contributed by atoms with Gasteiger partial charge in [-0.05, 0) is 44.7 Å². The Morgan fingerprint density at radius 3 is 2.66 bits per heavy atom. The molecule has 0 bridgehead atoms. The molecule has 2 saturated heterocycles. The number of benzene rings is 1. The number of aryl methyl sites for hydroxylation is 1. The first-order valence-corrected chi connectivity index (χ1v) is 11.3. The summed E-state index contributed by atoms with van der Waals surface area (Å²) in [6, 6.07) is 7.48. The zero-order chi connectivity index (χ0) is 22.7. The number of hydrogen-bond acceptors (Lipinski definition) is 6. The van der Waals surface area contributed by atoms with Crippen LogP contribution in [0.5, 0.6) is 5.75 Å². The van der Waals surface area contributed by atoms with E-state index in [2.05, 4.69) is 9.97 Å². The lowest BCUT2D eigenvalue weighted by Gasteiger charge is -2.24. The number of carbonyl (C=O) groups excluding carboxylic acids is 2. The van der Waals surface area contributed by atoms with Crippen molar-refractivity contribution in [1.29, 1.82) is 0 Å². The van der Waals surface area contributed by atoms with Gasteiger partial charge in [0.05, 0.1) is 17.3 Å². The molecule has 4 rings (SSSR count). The van der Waals surface area contributed by atoms with Gasteiger partial charge in [-0.3, -0.25) is 9.59 Å². The van der Waals surface area contributed by atoms with E-state index in [1.807, 2.05) is 55.1 Å². The predicted octanol–water partition coefficient (Wildman–Crippen LogP) is 2.83. The van der Waals surface area contributed by atoms with Crippen LogP contribution in [0.15, 0.2) is 30.5 Å². The number of ether oxygens (including phenoxy) is 1. The largest absolute Gasteiger partial charge is 0.484 e. The van der Waals surface area contributed by atoms with Crippen molar-refractivity contribution in [2.45, 2.75) is 38.6 Å². The standard InChI is InChI=1S/C24H31N5O3/c1-17-20(24(31)28-11-4-5-12-28)15-25-23(26-17)21-10-7-13-29(21)22(30)16-32-19-9-6-8-18(14-19)27(2)3/h6,8-9,14-15,21H,4-5,7,10-13,16H2,1-3H3/t21-/m0/s1. The summed E-state index contributed by atoms with van der Waals surface area (Å²) < 4.78 is 5.78. The lowest BCUT2D eigenvalue weighted by Crippen LogP contribution is -2.35. The lowest BCUT2D eigenvalue weighted by molar-refractivity contribution is -0.134. The van der Waals surface area contributed by atoms with Crippen LogP contribution in [-0.2, 0) is 4.79 Å². The van der Waals surface area contributed by atoms with Crippen LogP contribution in [-0.4, -0.2) is 71.9 Å². The molecule has 2 amide bonds. The molecule has 0 aliphatic carbocycles. The van der Waals surface area contributed by atoms with Gasteiger partial charge in [0.15, 0.2) is 12.4 Å². The molecule has 32 heavy (non-hydrogen) atoms. The topological polar surface area (TPSA) is 78.9 Å². The highest BCUT2D eigenvalue weighted by Crippen LogP contribution is 2.30. The quantitative estimate of drug-likeness (QED) is 0.692. The van der Waals surface area contributed by atoms with Crippen LogP contribution in [0.4, 0.5) is 5.69 Å². The number of anilines is 1. The second kappa shape index (κ2) is 9.54. The zero-order valence-corrected chi connectivity index (χ0v) is 19.1. The normalized spacial score (nSPS) is 18.2. The van der Waals surface area contributed by atoms with Crippen molar-refractivity contribution >= 4 is 17.5 Å². The van der Waals surface area contributed by atoms with Crippen LogP contribution in [0.1, 0.15) is 53.6 Å². The Bertz CT molecular complexity index is 987. The van der Waals surface area contributed by atoms with Gasteiger partial charge in [-0.2, -0.15) is 0 Å². The summed E-state index contributed by atoms with van der Waals surface area (Å²) in [4.78, 5) is 40.4. The molecule has 2 fully saturated rings. The molecule has 0 saturated carbocycles. The van der Waals surface area contributed by atoms with E-state index in [0.29, 0.717) is 29.4 Å². The van der Waals surface area contributed by atoms with Gasteiger partial charge in [0.2, 0.25) is 0 Å². The van der Waals surface area contributed by atoms with Crippen LogP contribution in [0.25, 0.3) is 0 Å². The minimum absolute atomic E-state index is 0.000686. The van der Waals surface area contributed by atoms with Gasteiger partial charge < -0.3 is 19.4 Å². The predicted molar refractivity (Wildman–Crippen MR) is 122 cm³/mol. The highest BCUT2D eigenvalue weighted by Gasteiger charge is 2.33. The summed E-state index contributed by atoms with van der Waals surface area (Å²) in [6.07, 6.45) is 5.42. The van der Waals surface area contributed by atoms with Crippen molar-refractivity contribution < 1.29 is 14.3 Å². The Kier molecular flexibility index (Phi) is 6.58. The molecule has 2 aliphatic rings. The van der Waals surface area contributed by atoms with E-state index in [1.165, 1.54) is 0 Å². The molecule has 1 aromatic heterocycles. The first-order valence-electron chi connectivity index (χ1n) is 11.3. The first-order chi connectivity index (χ1) is 15.4. The Morgan fingerprint density at radius 2 is 1.94 bits per heavy atom. The van der Waals surface area contributed by atoms with Crippen LogP contribution >= 0.6 is 0 Å². The van der Waals surface area contributed by atoms with Crippen molar-refractivity contribution in [3.8, 4) is 5.75 Å². The number of rotatable bonds is 6. The van der Waals surface area contributed by atoms with Gasteiger partial charge in [-0.25, -0.2) is 9.97 Å². The first kappa shape index (κ1) is 22.0. The second-order valence-electron chi connectivity index (χ2n) is 8.65. The molecule has 170 valence electrons. The van der Waals surface area contributed by atoms with E-state index in [1.54, 1.807) is 11.1 Å². The molecule has 8 heteroatoms. The fraction of sp³-hybridized carbons (Fsp3) is 0.500. The molecular weight excluding hydrogens is 406 g/mol. The molecule has 0 N–H and O–H groups in total. The molecule has 3 heterocycles. The minimum Gasteiger partial charge on any atom is -0.484 e. The summed E-state index contributed by atoms with van der Waals surface area (Å²) in [5.74, 6) is 1.18. The number of carbonyl (C=O) groups is 2. The van der Waals surface area contributed by atoms with Crippen LogP contribution < -0.4 is 9.64 Å². The number of nitrogens with zero attached hydrogens (tertiary/aromatic N) is 5. The third-order valence-electron chi connectivity index (χ3n) is 6.19. The number of amides is 2. The molecular formula is C24H31N5O3. The van der Waals surface area contributed by atoms with Crippen molar-refractivity contribution in [2.75, 3.05) is 45.2 Å². The number of aromatic nitrogens is 2. The van der Waals surface area contributed by atoms with Gasteiger partial charge in [-0.15, -0.1) is 0 Å². The van der Waals surface area contributed by atoms with E-state index in [-0.39, 0.29) is 24.5 Å². The smallest absolute Gasteiger partial charge is 0.261 e. The van der Waals surface area contributed by atoms with Crippen molar-refractivity contribution in [2.24, 2.45) is 0 Å². The summed E-state index contributed by atoms with van der Waals surface area (Å²) in [5.41, 5.74) is 2.24. The summed E-state index contributed by atoms with van der Waals surface area (Å²) in [7, 11) is 3.93. The maximum Gasteiger partial charge on any atom is 0.261 e. The number of likely N-dealkylation sites (tertiary alicyclic amines) is 2. The van der Waals surface area contributed by atoms with Crippen molar-refractivity contribution in [3.63, 3.8) is 0 Å². The van der Waals surface area contributed by atoms with Gasteiger partial charge in [-0.1, -0.05) is 6.07 Å². The number of hydrogen-bond donors (Lipinski definition) is 0. The average Bonchev–Trinajstić information content (AvgIpc) is 3.49. The van der Waals surface area contributed by atoms with Crippen molar-refractivity contribution in [1.82, 2.24) is 19.8 Å². The van der Waals surface area contributed by atoms with E-state index in [0.717, 1.165) is 44.5 Å². The summed E-state index contributed by atoms with van der Waals surface area (Å²) in [5, 5.41) is 0. The highest BCUT2D eigenvalue weighted by molar-refractivity contribution is 5.95. The Morgan fingerprint density at radius 1 is 1.16 bits per heavy atom. The minimum atomic E-state index is -0.186. The van der Waals surface area contributed by atoms with Gasteiger partial charge in [0.25, 0.3) is 11.8 Å². The molecule has 0 unspecified atom stereocenters. The molecule has 0 radical (unpaired) electrons. The Hall–Kier alpha value is -3.16. The van der Waals surface area contributed by atoms with E-state index in [9.17, 15) is 9.59 Å². The maximum absolute atomic E-state index is 12.9. The van der Waals surface area contributed by atoms with E-state index < -0.39 is 0 Å². The molecule has 2 aromatic rings. The maximum atomic E-state index is 12.9. The molecule has 1 aromatic carbocycles. The van der Waals surface area contributed by atoms with E-state index >= 15 is 0 Å². The summed E-state index contributed by atoms with van der Waals surface area (Å²) in [6.45, 7) is 4.06. The van der Waals surface area contributed by atoms with Crippen molar-refractivity contribution in [3.05, 3.63) is 47.5 Å². The molecule has 1 atom stereocenters. The van der Waals surface area contributed by atoms with Crippen LogP contribution in [0.2, 0.25) is 0 Å². The third-order valence-corrected chi connectivity index (χ3v) is 6.19. The highest BCUT2D eigenvalue weighted by atomic mass is 16.5. The van der Waals surface area contributed by atoms with Gasteiger partial charge in [0, 0.05) is 51.7 Å². The van der Waals surface area contributed by atoms with Crippen LogP contribution in [0.3, 0.4) is 0 Å². The average molecular weight is 438 g/mol. The second-order valence-corrected chi connectivity index (χ2v) is 8.65. The van der Waals surface area contributed by atoms with Gasteiger partial charge in [0.1, 0.15) is 5.75 Å². The lowest BCUT2D eigenvalue weighted by atomic mass is 10.1. The Labute approximate surface area is 189 Å². The summed E-state index contributed by atoms with van der Waals surface area (Å²) >= 11 is 0. The molecule has 8 nitrogen and oxygen atoms in total.